The largest absolute Gasteiger partial charge is 0.497 e. The van der Waals surface area contributed by atoms with Gasteiger partial charge in [0, 0.05) is 10.8 Å². The zero-order valence-electron chi connectivity index (χ0n) is 16.1. The first kappa shape index (κ1) is 17.1. The van der Waals surface area contributed by atoms with E-state index in [0.29, 0.717) is 33.1 Å². The van der Waals surface area contributed by atoms with Crippen LogP contribution < -0.4 is 10.3 Å². The molecule has 0 saturated heterocycles. The number of pyridine rings is 2. The topological polar surface area (TPSA) is 80.3 Å². The first-order valence-corrected chi connectivity index (χ1v) is 9.15. The van der Waals surface area contributed by atoms with Crippen LogP contribution in [0, 0.1) is 25.2 Å². The number of aromatic nitrogens is 3. The van der Waals surface area contributed by atoms with Crippen LogP contribution in [0.5, 0.6) is 5.75 Å². The lowest BCUT2D eigenvalue weighted by molar-refractivity contribution is 0.415. The first-order valence-electron chi connectivity index (χ1n) is 9.15. The van der Waals surface area contributed by atoms with E-state index >= 15 is 0 Å². The van der Waals surface area contributed by atoms with Gasteiger partial charge < -0.3 is 4.74 Å². The molecule has 0 atom stereocenters. The van der Waals surface area contributed by atoms with Gasteiger partial charge in [-0.05, 0) is 61.4 Å². The molecule has 0 aliphatic rings. The number of hydrogen-bond donors (Lipinski definition) is 0. The summed E-state index contributed by atoms with van der Waals surface area (Å²) < 4.78 is 6.75. The Morgan fingerprint density at radius 1 is 1.00 bits per heavy atom. The summed E-state index contributed by atoms with van der Waals surface area (Å²) in [5, 5.41) is 11.8. The van der Waals surface area contributed by atoms with Crippen LogP contribution in [0.25, 0.3) is 38.5 Å². The number of methoxy groups -OCH3 is 1. The minimum Gasteiger partial charge on any atom is -0.497 e. The van der Waals surface area contributed by atoms with Gasteiger partial charge in [0.15, 0.2) is 5.65 Å². The standard InChI is InChI=1S/C23H16N4O2/c1-12-6-13(2)20-18(7-12)23(28)27-21-15(9-16(11-24)22(27)26-20)8-14-10-17(29-3)4-5-19(14)25-21/h4-10H,1-3H3. The Hall–Kier alpha value is -3.98. The maximum absolute atomic E-state index is 13.5. The molecule has 0 radical (unpaired) electrons. The van der Waals surface area contributed by atoms with Gasteiger partial charge in [-0.15, -0.1) is 0 Å². The van der Waals surface area contributed by atoms with Crippen molar-refractivity contribution < 1.29 is 4.74 Å². The molecule has 5 rings (SSSR count). The molecule has 0 fully saturated rings. The van der Waals surface area contributed by atoms with Gasteiger partial charge >= 0.3 is 0 Å². The normalized spacial score (nSPS) is 11.4. The summed E-state index contributed by atoms with van der Waals surface area (Å²) in [7, 11) is 1.61. The van der Waals surface area contributed by atoms with Gasteiger partial charge in [0.2, 0.25) is 0 Å². The predicted molar refractivity (Wildman–Crippen MR) is 113 cm³/mol. The molecule has 140 valence electrons. The van der Waals surface area contributed by atoms with Crippen LogP contribution in [-0.2, 0) is 0 Å². The predicted octanol–water partition coefficient (Wildman–Crippen LogP) is 4.05. The van der Waals surface area contributed by atoms with E-state index in [4.69, 9.17) is 9.72 Å². The monoisotopic (exact) mass is 380 g/mol. The Morgan fingerprint density at radius 3 is 2.59 bits per heavy atom. The van der Waals surface area contributed by atoms with Crippen LogP contribution in [0.15, 0.2) is 47.3 Å². The summed E-state index contributed by atoms with van der Waals surface area (Å²) in [6.07, 6.45) is 0. The van der Waals surface area contributed by atoms with Gasteiger partial charge in [-0.25, -0.2) is 14.4 Å². The number of fused-ring (bicyclic) bond motifs is 5. The van der Waals surface area contributed by atoms with Gasteiger partial charge in [0.1, 0.15) is 17.5 Å². The molecule has 0 bridgehead atoms. The highest BCUT2D eigenvalue weighted by molar-refractivity contribution is 5.95. The van der Waals surface area contributed by atoms with Gasteiger partial charge in [-0.2, -0.15) is 5.26 Å². The highest BCUT2D eigenvalue weighted by Crippen LogP contribution is 2.26. The molecule has 6 nitrogen and oxygen atoms in total. The molecule has 0 unspecified atom stereocenters. The Kier molecular flexibility index (Phi) is 3.55. The van der Waals surface area contributed by atoms with Crippen molar-refractivity contribution in [2.24, 2.45) is 0 Å². The van der Waals surface area contributed by atoms with E-state index in [-0.39, 0.29) is 5.56 Å². The minimum atomic E-state index is -0.223. The molecule has 0 spiro atoms. The Labute approximate surface area is 165 Å². The third-order valence-corrected chi connectivity index (χ3v) is 5.21. The summed E-state index contributed by atoms with van der Waals surface area (Å²) in [6, 6.07) is 15.2. The summed E-state index contributed by atoms with van der Waals surface area (Å²) >= 11 is 0. The van der Waals surface area contributed by atoms with Crippen LogP contribution in [-0.4, -0.2) is 21.5 Å². The zero-order valence-corrected chi connectivity index (χ0v) is 16.1. The Morgan fingerprint density at radius 2 is 1.83 bits per heavy atom. The first-order chi connectivity index (χ1) is 14.0. The molecule has 3 aromatic heterocycles. The van der Waals surface area contributed by atoms with E-state index in [2.05, 4.69) is 11.1 Å². The number of nitrogens with zero attached hydrogens (tertiary/aromatic N) is 4. The van der Waals surface area contributed by atoms with E-state index in [1.807, 2.05) is 50.2 Å². The average molecular weight is 380 g/mol. The van der Waals surface area contributed by atoms with Crippen molar-refractivity contribution >= 4 is 38.5 Å². The summed E-state index contributed by atoms with van der Waals surface area (Å²) in [5.74, 6) is 0.718. The number of nitriles is 1. The third kappa shape index (κ3) is 2.44. The molecule has 3 heterocycles. The second-order valence-electron chi connectivity index (χ2n) is 7.18. The van der Waals surface area contributed by atoms with Gasteiger partial charge in [-0.3, -0.25) is 4.79 Å². The number of benzene rings is 2. The molecule has 0 aliphatic carbocycles. The molecule has 0 amide bonds. The average Bonchev–Trinajstić information content (AvgIpc) is 2.72. The number of aryl methyl sites for hydroxylation is 2. The van der Waals surface area contributed by atoms with Gasteiger partial charge in [0.25, 0.3) is 5.56 Å². The number of rotatable bonds is 1. The third-order valence-electron chi connectivity index (χ3n) is 5.21. The highest BCUT2D eigenvalue weighted by Gasteiger charge is 2.16. The van der Waals surface area contributed by atoms with Crippen molar-refractivity contribution in [2.45, 2.75) is 13.8 Å². The SMILES string of the molecule is COc1ccc2nc3c(cc(C#N)c4nc5c(C)cc(C)cc5c(=O)n43)cc2c1. The van der Waals surface area contributed by atoms with Gasteiger partial charge in [-0.1, -0.05) is 6.07 Å². The van der Waals surface area contributed by atoms with E-state index in [1.165, 1.54) is 4.40 Å². The summed E-state index contributed by atoms with van der Waals surface area (Å²) in [6.45, 7) is 3.87. The second kappa shape index (κ2) is 6.01. The lowest BCUT2D eigenvalue weighted by Crippen LogP contribution is -2.18. The molecule has 0 aliphatic heterocycles. The zero-order chi connectivity index (χ0) is 20.3. The number of hydrogen-bond acceptors (Lipinski definition) is 5. The van der Waals surface area contributed by atoms with Crippen LogP contribution in [0.2, 0.25) is 0 Å². The quantitative estimate of drug-likeness (QED) is 0.324. The van der Waals surface area contributed by atoms with Crippen molar-refractivity contribution in [1.82, 2.24) is 14.4 Å². The molecule has 29 heavy (non-hydrogen) atoms. The molecule has 6 heteroatoms. The van der Waals surface area contributed by atoms with Crippen LogP contribution in [0.3, 0.4) is 0 Å². The minimum absolute atomic E-state index is 0.223. The second-order valence-corrected chi connectivity index (χ2v) is 7.18. The van der Waals surface area contributed by atoms with E-state index in [9.17, 15) is 10.1 Å². The maximum atomic E-state index is 13.5. The van der Waals surface area contributed by atoms with Crippen LogP contribution >= 0.6 is 0 Å². The molecule has 2 aromatic carbocycles. The fourth-order valence-electron chi connectivity index (χ4n) is 3.90. The van der Waals surface area contributed by atoms with Crippen LogP contribution in [0.1, 0.15) is 16.7 Å². The fourth-order valence-corrected chi connectivity index (χ4v) is 3.90. The Bertz CT molecular complexity index is 1590. The van der Waals surface area contributed by atoms with Crippen molar-refractivity contribution in [1.29, 1.82) is 5.26 Å². The van der Waals surface area contributed by atoms with Crippen molar-refractivity contribution in [3.63, 3.8) is 0 Å². The van der Waals surface area contributed by atoms with Crippen molar-refractivity contribution in [3.8, 4) is 11.8 Å². The van der Waals surface area contributed by atoms with Crippen LogP contribution in [0.4, 0.5) is 0 Å². The smallest absolute Gasteiger partial charge is 0.267 e. The molecule has 5 aromatic rings. The van der Waals surface area contributed by atoms with E-state index < -0.39 is 0 Å². The van der Waals surface area contributed by atoms with E-state index in [1.54, 1.807) is 13.2 Å². The fraction of sp³-hybridized carbons (Fsp3) is 0.130. The molecule has 0 N–H and O–H groups in total. The molecule has 0 saturated carbocycles. The summed E-state index contributed by atoms with van der Waals surface area (Å²) in [5.41, 5.74) is 4.15. The Balaban J connectivity index is 2.04. The van der Waals surface area contributed by atoms with Crippen molar-refractivity contribution in [2.75, 3.05) is 7.11 Å². The van der Waals surface area contributed by atoms with Gasteiger partial charge in [0.05, 0.1) is 29.1 Å². The highest BCUT2D eigenvalue weighted by atomic mass is 16.5. The maximum Gasteiger partial charge on any atom is 0.267 e. The van der Waals surface area contributed by atoms with Crippen molar-refractivity contribution in [3.05, 3.63) is 69.5 Å². The molecular weight excluding hydrogens is 364 g/mol. The summed E-state index contributed by atoms with van der Waals surface area (Å²) in [4.78, 5) is 22.9. The van der Waals surface area contributed by atoms with E-state index in [0.717, 1.165) is 27.8 Å². The lowest BCUT2D eigenvalue weighted by atomic mass is 10.1. The number of ether oxygens (including phenoxy) is 1. The lowest BCUT2D eigenvalue weighted by Gasteiger charge is -2.11. The molecular formula is C23H16N4O2.